The fraction of sp³-hybridized carbons (Fsp3) is 0.417. The lowest BCUT2D eigenvalue weighted by atomic mass is 9.87. The van der Waals surface area contributed by atoms with Crippen molar-refractivity contribution in [3.8, 4) is 0 Å². The van der Waals surface area contributed by atoms with E-state index in [9.17, 15) is 8.42 Å². The Morgan fingerprint density at radius 1 is 1.14 bits per heavy atom. The standard InChI is InChI=1S/C24H30N2O2S/c1-17-8-11-23(26-13-12-19(18-9-10-18)15-21(26)14-17)25-29(27,28)22-7-5-6-20(16-22)24(2,3)4/h5-8,11-12,15-16,18,25H,9-10,13-14H2,1-4H3. The number of sulfonamides is 1. The third-order valence-electron chi connectivity index (χ3n) is 5.76. The lowest BCUT2D eigenvalue weighted by Crippen LogP contribution is -2.36. The molecule has 2 heterocycles. The number of fused-ring (bicyclic) bond motifs is 1. The minimum absolute atomic E-state index is 0.111. The van der Waals surface area contributed by atoms with Gasteiger partial charge in [-0.25, -0.2) is 8.42 Å². The van der Waals surface area contributed by atoms with Gasteiger partial charge in [-0.3, -0.25) is 4.72 Å². The summed E-state index contributed by atoms with van der Waals surface area (Å²) in [4.78, 5) is 2.39. The van der Waals surface area contributed by atoms with Crippen LogP contribution < -0.4 is 4.72 Å². The highest BCUT2D eigenvalue weighted by atomic mass is 32.2. The molecule has 1 aromatic carbocycles. The third-order valence-corrected chi connectivity index (χ3v) is 7.12. The van der Waals surface area contributed by atoms with Crippen LogP contribution in [0.4, 0.5) is 0 Å². The Bertz CT molecular complexity index is 1050. The van der Waals surface area contributed by atoms with Crippen LogP contribution in [0.15, 0.2) is 76.1 Å². The molecule has 1 aromatic rings. The first-order valence-electron chi connectivity index (χ1n) is 10.3. The van der Waals surface area contributed by atoms with Crippen molar-refractivity contribution in [2.75, 3.05) is 6.54 Å². The van der Waals surface area contributed by atoms with Gasteiger partial charge in [0.15, 0.2) is 0 Å². The number of allylic oxidation sites excluding steroid dienone is 5. The lowest BCUT2D eigenvalue weighted by Gasteiger charge is -2.31. The predicted molar refractivity (Wildman–Crippen MR) is 118 cm³/mol. The maximum atomic E-state index is 13.2. The van der Waals surface area contributed by atoms with Gasteiger partial charge in [-0.05, 0) is 66.5 Å². The van der Waals surface area contributed by atoms with E-state index in [2.05, 4.69) is 49.5 Å². The van der Waals surface area contributed by atoms with Crippen molar-refractivity contribution < 1.29 is 8.42 Å². The Balaban J connectivity index is 1.63. The zero-order valence-corrected chi connectivity index (χ0v) is 18.5. The Kier molecular flexibility index (Phi) is 4.97. The van der Waals surface area contributed by atoms with E-state index in [1.54, 1.807) is 12.1 Å². The highest BCUT2D eigenvalue weighted by Gasteiger charge is 2.30. The SMILES string of the molecule is CC1=CC=C(NS(=O)(=O)c2cccc(C(C)(C)C)c2)N2CC=C(C3CC3)C=C2C1. The van der Waals surface area contributed by atoms with Gasteiger partial charge < -0.3 is 4.90 Å². The van der Waals surface area contributed by atoms with Crippen LogP contribution in [0.25, 0.3) is 0 Å². The maximum absolute atomic E-state index is 13.2. The number of hydrogen-bond donors (Lipinski definition) is 1. The van der Waals surface area contributed by atoms with Crippen molar-refractivity contribution in [1.82, 2.24) is 9.62 Å². The third kappa shape index (κ3) is 4.35. The summed E-state index contributed by atoms with van der Waals surface area (Å²) in [6.45, 7) is 9.05. The van der Waals surface area contributed by atoms with Gasteiger partial charge in [-0.2, -0.15) is 0 Å². The van der Waals surface area contributed by atoms with Crippen molar-refractivity contribution >= 4 is 10.0 Å². The molecule has 0 radical (unpaired) electrons. The van der Waals surface area contributed by atoms with Crippen LogP contribution in [0, 0.1) is 5.92 Å². The van der Waals surface area contributed by atoms with Crippen LogP contribution in [0.3, 0.4) is 0 Å². The van der Waals surface area contributed by atoms with Crippen LogP contribution in [0.2, 0.25) is 0 Å². The number of hydrogen-bond acceptors (Lipinski definition) is 3. The van der Waals surface area contributed by atoms with Crippen LogP contribution in [-0.4, -0.2) is 19.9 Å². The summed E-state index contributed by atoms with van der Waals surface area (Å²) in [5.74, 6) is 1.31. The maximum Gasteiger partial charge on any atom is 0.263 e. The summed E-state index contributed by atoms with van der Waals surface area (Å²) in [6.07, 6.45) is 11.8. The minimum atomic E-state index is -3.68. The minimum Gasteiger partial charge on any atom is -0.327 e. The largest absolute Gasteiger partial charge is 0.327 e. The molecule has 4 nitrogen and oxygen atoms in total. The fourth-order valence-electron chi connectivity index (χ4n) is 3.82. The fourth-order valence-corrected chi connectivity index (χ4v) is 4.93. The summed E-state index contributed by atoms with van der Waals surface area (Å²) < 4.78 is 29.2. The smallest absolute Gasteiger partial charge is 0.263 e. The second kappa shape index (κ2) is 7.21. The van der Waals surface area contributed by atoms with Crippen LogP contribution in [-0.2, 0) is 15.4 Å². The second-order valence-electron chi connectivity index (χ2n) is 9.35. The summed E-state index contributed by atoms with van der Waals surface area (Å²) in [6, 6.07) is 7.23. The monoisotopic (exact) mass is 410 g/mol. The lowest BCUT2D eigenvalue weighted by molar-refractivity contribution is 0.434. The molecule has 1 fully saturated rings. The second-order valence-corrected chi connectivity index (χ2v) is 11.0. The number of nitrogens with one attached hydrogen (secondary N) is 1. The Morgan fingerprint density at radius 2 is 1.90 bits per heavy atom. The summed E-state index contributed by atoms with van der Waals surface area (Å²) >= 11 is 0. The number of nitrogens with zero attached hydrogens (tertiary/aromatic N) is 1. The van der Waals surface area contributed by atoms with Crippen molar-refractivity contribution in [3.05, 3.63) is 76.8 Å². The molecule has 154 valence electrons. The van der Waals surface area contributed by atoms with Gasteiger partial charge in [0, 0.05) is 18.7 Å². The Labute approximate surface area is 174 Å². The average Bonchev–Trinajstić information content (AvgIpc) is 3.50. The van der Waals surface area contributed by atoms with Gasteiger partial charge >= 0.3 is 0 Å². The molecule has 0 spiro atoms. The molecular formula is C24H30N2O2S. The Morgan fingerprint density at radius 3 is 2.59 bits per heavy atom. The molecule has 1 aliphatic carbocycles. The van der Waals surface area contributed by atoms with Gasteiger partial charge in [0.05, 0.1) is 4.90 Å². The van der Waals surface area contributed by atoms with E-state index < -0.39 is 10.0 Å². The Hall–Kier alpha value is -2.27. The molecule has 29 heavy (non-hydrogen) atoms. The summed E-state index contributed by atoms with van der Waals surface area (Å²) in [5, 5.41) is 0. The molecule has 0 saturated heterocycles. The number of rotatable bonds is 4. The molecule has 0 aromatic heterocycles. The first-order chi connectivity index (χ1) is 13.6. The molecule has 5 heteroatoms. The van der Waals surface area contributed by atoms with E-state index in [1.807, 2.05) is 24.3 Å². The molecule has 1 saturated carbocycles. The predicted octanol–water partition coefficient (Wildman–Crippen LogP) is 4.99. The molecule has 0 bridgehead atoms. The van der Waals surface area contributed by atoms with Crippen LogP contribution in [0.5, 0.6) is 0 Å². The highest BCUT2D eigenvalue weighted by molar-refractivity contribution is 7.89. The topological polar surface area (TPSA) is 49.4 Å². The number of benzene rings is 1. The van der Waals surface area contributed by atoms with Crippen molar-refractivity contribution in [2.24, 2.45) is 5.92 Å². The van der Waals surface area contributed by atoms with Gasteiger partial charge in [0.2, 0.25) is 0 Å². The van der Waals surface area contributed by atoms with Crippen molar-refractivity contribution in [3.63, 3.8) is 0 Å². The van der Waals surface area contributed by atoms with Crippen molar-refractivity contribution in [1.29, 1.82) is 0 Å². The van der Waals surface area contributed by atoms with E-state index in [4.69, 9.17) is 0 Å². The van der Waals surface area contributed by atoms with Gasteiger partial charge in [0.25, 0.3) is 10.0 Å². The molecule has 1 N–H and O–H groups in total. The van der Waals surface area contributed by atoms with E-state index in [0.717, 1.165) is 17.7 Å². The van der Waals surface area contributed by atoms with Gasteiger partial charge in [0.1, 0.15) is 5.82 Å². The molecule has 0 amide bonds. The molecule has 0 atom stereocenters. The average molecular weight is 411 g/mol. The van der Waals surface area contributed by atoms with Crippen LogP contribution >= 0.6 is 0 Å². The van der Waals surface area contributed by atoms with E-state index in [-0.39, 0.29) is 5.41 Å². The first kappa shape index (κ1) is 20.0. The normalized spacial score (nSPS) is 20.1. The molecule has 3 aliphatic rings. The first-order valence-corrected chi connectivity index (χ1v) is 11.8. The molecule has 2 aliphatic heterocycles. The van der Waals surface area contributed by atoms with Crippen molar-refractivity contribution in [2.45, 2.75) is 57.3 Å². The van der Waals surface area contributed by atoms with E-state index >= 15 is 0 Å². The highest BCUT2D eigenvalue weighted by Crippen LogP contribution is 2.40. The van der Waals surface area contributed by atoms with Gasteiger partial charge in [-0.15, -0.1) is 0 Å². The van der Waals surface area contributed by atoms with Gasteiger partial charge in [-0.1, -0.05) is 50.6 Å². The molecule has 4 rings (SSSR count). The zero-order valence-electron chi connectivity index (χ0n) is 17.7. The molecular weight excluding hydrogens is 380 g/mol. The quantitative estimate of drug-likeness (QED) is 0.761. The summed E-state index contributed by atoms with van der Waals surface area (Å²) in [5.41, 5.74) is 4.69. The molecule has 0 unspecified atom stereocenters. The van der Waals surface area contributed by atoms with E-state index in [1.165, 1.54) is 24.0 Å². The van der Waals surface area contributed by atoms with Crippen LogP contribution in [0.1, 0.15) is 52.5 Å². The van der Waals surface area contributed by atoms with E-state index in [0.29, 0.717) is 23.2 Å². The zero-order chi connectivity index (χ0) is 20.8. The summed E-state index contributed by atoms with van der Waals surface area (Å²) in [7, 11) is -3.68.